The Morgan fingerprint density at radius 1 is 0.923 bits per heavy atom. The molecule has 0 saturated carbocycles. The van der Waals surface area contributed by atoms with E-state index < -0.39 is 0 Å². The van der Waals surface area contributed by atoms with Crippen LogP contribution < -0.4 is 14.4 Å². The van der Waals surface area contributed by atoms with Crippen molar-refractivity contribution >= 4 is 11.5 Å². The average molecular weight is 352 g/mol. The van der Waals surface area contributed by atoms with E-state index in [-0.39, 0.29) is 12.6 Å². The number of hydrogen-bond donors (Lipinski definition) is 0. The number of para-hydroxylation sites is 1. The van der Waals surface area contributed by atoms with Gasteiger partial charge in [-0.05, 0) is 43.3 Å². The number of anilines is 1. The summed E-state index contributed by atoms with van der Waals surface area (Å²) in [6.07, 6.45) is 1.46. The van der Waals surface area contributed by atoms with E-state index in [4.69, 9.17) is 9.47 Å². The van der Waals surface area contributed by atoms with Crippen molar-refractivity contribution in [2.75, 3.05) is 44.4 Å². The highest BCUT2D eigenvalue weighted by Crippen LogP contribution is 2.32. The molecule has 1 saturated heterocycles. The fraction of sp³-hybridized carbons (Fsp3) is 0.381. The second-order valence-electron chi connectivity index (χ2n) is 6.76. The second-order valence-corrected chi connectivity index (χ2v) is 6.76. The van der Waals surface area contributed by atoms with Gasteiger partial charge in [0.15, 0.2) is 17.3 Å². The minimum atomic E-state index is 0.172. The van der Waals surface area contributed by atoms with E-state index in [1.165, 1.54) is 5.69 Å². The van der Waals surface area contributed by atoms with Gasteiger partial charge >= 0.3 is 0 Å². The number of fused-ring (bicyclic) bond motifs is 1. The third-order valence-corrected chi connectivity index (χ3v) is 5.07. The molecule has 0 unspecified atom stereocenters. The quantitative estimate of drug-likeness (QED) is 0.747. The molecule has 2 aliphatic heterocycles. The fourth-order valence-corrected chi connectivity index (χ4v) is 3.55. The molecule has 4 rings (SSSR count). The largest absolute Gasteiger partial charge is 0.454 e. The SMILES string of the molecule is O=C(CCCN1CCN(c2ccccc2)CC1)c1ccc2c(c1)OCO2. The van der Waals surface area contributed by atoms with Crippen LogP contribution in [0.15, 0.2) is 48.5 Å². The van der Waals surface area contributed by atoms with Crippen LogP contribution in [-0.2, 0) is 0 Å². The average Bonchev–Trinajstić information content (AvgIpc) is 3.17. The van der Waals surface area contributed by atoms with Crippen LogP contribution in [0.3, 0.4) is 0 Å². The Balaban J connectivity index is 1.21. The number of carbonyl (C=O) groups excluding carboxylic acids is 1. The van der Waals surface area contributed by atoms with E-state index in [9.17, 15) is 4.79 Å². The van der Waals surface area contributed by atoms with Crippen molar-refractivity contribution in [3.63, 3.8) is 0 Å². The molecule has 0 aromatic heterocycles. The zero-order valence-electron chi connectivity index (χ0n) is 14.9. The van der Waals surface area contributed by atoms with Gasteiger partial charge in [-0.15, -0.1) is 0 Å². The summed E-state index contributed by atoms with van der Waals surface area (Å²) >= 11 is 0. The Kier molecular flexibility index (Phi) is 5.07. The van der Waals surface area contributed by atoms with Crippen molar-refractivity contribution in [2.24, 2.45) is 0 Å². The number of carbonyl (C=O) groups is 1. The highest BCUT2D eigenvalue weighted by Gasteiger charge is 2.18. The molecule has 5 nitrogen and oxygen atoms in total. The molecular formula is C21H24N2O3. The zero-order valence-corrected chi connectivity index (χ0v) is 14.9. The van der Waals surface area contributed by atoms with Gasteiger partial charge in [0.2, 0.25) is 6.79 Å². The van der Waals surface area contributed by atoms with Gasteiger partial charge in [-0.25, -0.2) is 0 Å². The molecule has 0 radical (unpaired) electrons. The maximum Gasteiger partial charge on any atom is 0.231 e. The molecule has 5 heteroatoms. The molecule has 0 atom stereocenters. The van der Waals surface area contributed by atoms with Gasteiger partial charge in [0.1, 0.15) is 0 Å². The topological polar surface area (TPSA) is 42.0 Å². The number of piperazine rings is 1. The van der Waals surface area contributed by atoms with Crippen LogP contribution in [0.1, 0.15) is 23.2 Å². The number of rotatable bonds is 6. The van der Waals surface area contributed by atoms with Gasteiger partial charge in [-0.2, -0.15) is 0 Å². The molecule has 2 aliphatic rings. The van der Waals surface area contributed by atoms with E-state index in [2.05, 4.69) is 40.1 Å². The highest BCUT2D eigenvalue weighted by molar-refractivity contribution is 5.96. The lowest BCUT2D eigenvalue weighted by molar-refractivity contribution is 0.0973. The van der Waals surface area contributed by atoms with Crippen LogP contribution in [0.5, 0.6) is 11.5 Å². The lowest BCUT2D eigenvalue weighted by atomic mass is 10.1. The van der Waals surface area contributed by atoms with Gasteiger partial charge in [0, 0.05) is 43.9 Å². The second kappa shape index (κ2) is 7.79. The Hall–Kier alpha value is -2.53. The van der Waals surface area contributed by atoms with Crippen molar-refractivity contribution in [3.8, 4) is 11.5 Å². The number of Topliss-reactive ketones (excluding diaryl/α,β-unsaturated/α-hetero) is 1. The molecule has 0 spiro atoms. The van der Waals surface area contributed by atoms with Crippen LogP contribution >= 0.6 is 0 Å². The summed E-state index contributed by atoms with van der Waals surface area (Å²) < 4.78 is 10.6. The van der Waals surface area contributed by atoms with Crippen LogP contribution in [0.2, 0.25) is 0 Å². The van der Waals surface area contributed by atoms with Crippen LogP contribution in [-0.4, -0.2) is 50.2 Å². The Labute approximate surface area is 154 Å². The Morgan fingerprint density at radius 3 is 2.50 bits per heavy atom. The first kappa shape index (κ1) is 16.9. The van der Waals surface area contributed by atoms with E-state index in [1.807, 2.05) is 12.1 Å². The predicted octanol–water partition coefficient (Wildman–Crippen LogP) is 3.20. The number of ether oxygens (including phenoxy) is 2. The number of benzene rings is 2. The summed E-state index contributed by atoms with van der Waals surface area (Å²) in [6.45, 7) is 5.39. The molecule has 0 amide bonds. The normalized spacial score (nSPS) is 16.7. The summed E-state index contributed by atoms with van der Waals surface area (Å²) in [6, 6.07) is 16.0. The van der Waals surface area contributed by atoms with Crippen LogP contribution in [0.25, 0.3) is 0 Å². The van der Waals surface area contributed by atoms with E-state index in [0.717, 1.165) is 44.9 Å². The molecule has 2 aromatic carbocycles. The molecular weight excluding hydrogens is 328 g/mol. The highest BCUT2D eigenvalue weighted by atomic mass is 16.7. The molecule has 2 heterocycles. The van der Waals surface area contributed by atoms with Gasteiger partial charge in [-0.3, -0.25) is 9.69 Å². The third kappa shape index (κ3) is 3.83. The van der Waals surface area contributed by atoms with Crippen molar-refractivity contribution in [1.82, 2.24) is 4.90 Å². The standard InChI is InChI=1S/C21H24N2O3/c24-19(17-8-9-20-21(15-17)26-16-25-20)7-4-10-22-11-13-23(14-12-22)18-5-2-1-3-6-18/h1-3,5-6,8-9,15H,4,7,10-14,16H2. The van der Waals surface area contributed by atoms with E-state index in [0.29, 0.717) is 17.7 Å². The lowest BCUT2D eigenvalue weighted by Crippen LogP contribution is -2.46. The third-order valence-electron chi connectivity index (χ3n) is 5.07. The number of ketones is 1. The summed E-state index contributed by atoms with van der Waals surface area (Å²) in [5, 5.41) is 0. The minimum absolute atomic E-state index is 0.172. The summed E-state index contributed by atoms with van der Waals surface area (Å²) in [7, 11) is 0. The number of hydrogen-bond acceptors (Lipinski definition) is 5. The van der Waals surface area contributed by atoms with Crippen LogP contribution in [0.4, 0.5) is 5.69 Å². The first-order valence-corrected chi connectivity index (χ1v) is 9.25. The molecule has 1 fully saturated rings. The van der Waals surface area contributed by atoms with Crippen molar-refractivity contribution < 1.29 is 14.3 Å². The van der Waals surface area contributed by atoms with Crippen molar-refractivity contribution in [3.05, 3.63) is 54.1 Å². The molecule has 136 valence electrons. The number of nitrogens with zero attached hydrogens (tertiary/aromatic N) is 2. The molecule has 0 aliphatic carbocycles. The molecule has 2 aromatic rings. The molecule has 0 N–H and O–H groups in total. The van der Waals surface area contributed by atoms with Gasteiger partial charge in [0.05, 0.1) is 0 Å². The predicted molar refractivity (Wildman–Crippen MR) is 101 cm³/mol. The Bertz CT molecular complexity index is 755. The van der Waals surface area contributed by atoms with Gasteiger partial charge < -0.3 is 14.4 Å². The van der Waals surface area contributed by atoms with Gasteiger partial charge in [0.25, 0.3) is 0 Å². The Morgan fingerprint density at radius 2 is 1.69 bits per heavy atom. The zero-order chi connectivity index (χ0) is 17.8. The maximum absolute atomic E-state index is 12.4. The van der Waals surface area contributed by atoms with E-state index >= 15 is 0 Å². The summed E-state index contributed by atoms with van der Waals surface area (Å²) in [4.78, 5) is 17.3. The van der Waals surface area contributed by atoms with E-state index in [1.54, 1.807) is 6.07 Å². The molecule has 0 bridgehead atoms. The first-order chi connectivity index (χ1) is 12.8. The molecule has 26 heavy (non-hydrogen) atoms. The first-order valence-electron chi connectivity index (χ1n) is 9.25. The summed E-state index contributed by atoms with van der Waals surface area (Å²) in [5.74, 6) is 1.57. The smallest absolute Gasteiger partial charge is 0.231 e. The maximum atomic E-state index is 12.4. The fourth-order valence-electron chi connectivity index (χ4n) is 3.55. The van der Waals surface area contributed by atoms with Crippen molar-refractivity contribution in [1.29, 1.82) is 0 Å². The lowest BCUT2D eigenvalue weighted by Gasteiger charge is -2.36. The van der Waals surface area contributed by atoms with Gasteiger partial charge in [-0.1, -0.05) is 18.2 Å². The summed E-state index contributed by atoms with van der Waals surface area (Å²) in [5.41, 5.74) is 2.01. The van der Waals surface area contributed by atoms with Crippen LogP contribution in [0, 0.1) is 0 Å². The monoisotopic (exact) mass is 352 g/mol. The minimum Gasteiger partial charge on any atom is -0.454 e. The van der Waals surface area contributed by atoms with Crippen molar-refractivity contribution in [2.45, 2.75) is 12.8 Å².